The molecule has 0 saturated carbocycles. The highest BCUT2D eigenvalue weighted by Crippen LogP contribution is 2.20. The van der Waals surface area contributed by atoms with Crippen LogP contribution in [-0.4, -0.2) is 30.6 Å². The fraction of sp³-hybridized carbons (Fsp3) is 0. The minimum atomic E-state index is -4.31. The maximum absolute atomic E-state index is 11.2. The van der Waals surface area contributed by atoms with E-state index in [2.05, 4.69) is 14.8 Å². The van der Waals surface area contributed by atoms with Crippen LogP contribution in [-0.2, 0) is 10.1 Å². The Hall–Kier alpha value is -1.60. The molecule has 0 fully saturated rings. The molecule has 14 heavy (non-hydrogen) atoms. The summed E-state index contributed by atoms with van der Waals surface area (Å²) in [6.07, 6.45) is 0. The van der Waals surface area contributed by atoms with Crippen molar-refractivity contribution < 1.29 is 28.0 Å². The van der Waals surface area contributed by atoms with Crippen molar-refractivity contribution in [2.24, 2.45) is 0 Å². The van der Waals surface area contributed by atoms with Crippen LogP contribution in [0.3, 0.4) is 0 Å². The number of hydrogen-bond donors (Lipinski definition) is 3. The van der Waals surface area contributed by atoms with Crippen molar-refractivity contribution in [1.29, 1.82) is 4.29 Å². The molecule has 0 radical (unpaired) electrons. The maximum Gasteiger partial charge on any atom is 0.339 e. The number of aromatic carboxylic acids is 1. The average Bonchev–Trinajstić information content (AvgIpc) is 2.36. The summed E-state index contributed by atoms with van der Waals surface area (Å²) in [5.74, 6) is -1.49. The Kier molecular flexibility index (Phi) is 1.59. The van der Waals surface area contributed by atoms with Crippen molar-refractivity contribution in [2.75, 3.05) is 0 Å². The van der Waals surface area contributed by atoms with Crippen LogP contribution in [0.25, 0.3) is 2.86 Å². The number of hydrogen-bond acceptors (Lipinski definition) is 6. The zero-order valence-electron chi connectivity index (χ0n) is 9.59. The van der Waals surface area contributed by atoms with Gasteiger partial charge in [-0.25, -0.2) is 4.79 Å². The number of aromatic hydroxyl groups is 1. The summed E-state index contributed by atoms with van der Waals surface area (Å²) < 4.78 is 45.2. The molecule has 1 aromatic rings. The third-order valence-electron chi connectivity index (χ3n) is 1.46. The Balaban J connectivity index is 3.37. The smallest absolute Gasteiger partial charge is 0.339 e. The molecule has 0 aliphatic carbocycles. The highest BCUT2D eigenvalue weighted by atomic mass is 32.2. The van der Waals surface area contributed by atoms with E-state index in [1.54, 1.807) is 0 Å². The van der Waals surface area contributed by atoms with E-state index in [1.165, 1.54) is 0 Å². The van der Waals surface area contributed by atoms with Crippen molar-refractivity contribution in [3.63, 3.8) is 0 Å². The summed E-state index contributed by atoms with van der Waals surface area (Å²) in [5, 5.41) is 7.70. The van der Waals surface area contributed by atoms with Crippen LogP contribution in [0.15, 0.2) is 23.1 Å². The molecule has 0 aliphatic rings. The number of rotatable bonds is 4. The van der Waals surface area contributed by atoms with Gasteiger partial charge in [0.25, 0.3) is 13.0 Å². The van der Waals surface area contributed by atoms with Crippen molar-refractivity contribution in [1.82, 2.24) is 0 Å². The van der Waals surface area contributed by atoms with Crippen molar-refractivity contribution in [2.45, 2.75) is 4.90 Å². The van der Waals surface area contributed by atoms with E-state index in [0.717, 1.165) is 18.2 Å². The van der Waals surface area contributed by atoms with Gasteiger partial charge in [0.1, 0.15) is 11.3 Å². The predicted molar refractivity (Wildman–Crippen MR) is 44.9 cm³/mol. The molecule has 0 spiro atoms. The van der Waals surface area contributed by atoms with Crippen molar-refractivity contribution >= 4 is 16.1 Å². The third kappa shape index (κ3) is 2.01. The second kappa shape index (κ2) is 3.28. The molecule has 0 heterocycles. The number of phenols is 1. The highest BCUT2D eigenvalue weighted by molar-refractivity contribution is 7.85. The van der Waals surface area contributed by atoms with Gasteiger partial charge in [0.15, 0.2) is 0 Å². The Labute approximate surface area is 83.6 Å². The van der Waals surface area contributed by atoms with Crippen molar-refractivity contribution in [3.8, 4) is 5.75 Å². The summed E-state index contributed by atoms with van der Waals surface area (Å²) in [6, 6.07) is 2.77. The average molecular weight is 221 g/mol. The molecule has 1 rings (SSSR count). The number of carbonyl (C=O) groups is 1. The Morgan fingerprint density at radius 1 is 1.43 bits per heavy atom. The first-order chi connectivity index (χ1) is 7.96. The monoisotopic (exact) mass is 221 g/mol. The minimum Gasteiger partial charge on any atom is -0.507 e. The van der Waals surface area contributed by atoms with Crippen LogP contribution >= 0.6 is 0 Å². The van der Waals surface area contributed by atoms with E-state index >= 15 is 0 Å². The molecule has 76 valence electrons. The van der Waals surface area contributed by atoms with E-state index in [1.807, 2.05) is 0 Å². The van der Waals surface area contributed by atoms with Crippen LogP contribution < -0.4 is 0 Å². The van der Waals surface area contributed by atoms with Gasteiger partial charge in [-0.15, -0.1) is 0 Å². The third-order valence-corrected chi connectivity index (χ3v) is 2.29. The molecule has 0 bridgehead atoms. The number of carboxylic acids is 1. The van der Waals surface area contributed by atoms with E-state index < -0.39 is 26.5 Å². The van der Waals surface area contributed by atoms with Crippen LogP contribution in [0.1, 0.15) is 10.4 Å². The largest absolute Gasteiger partial charge is 0.507 e. The molecular weight excluding hydrogens is 212 g/mol. The van der Waals surface area contributed by atoms with Gasteiger partial charge in [0.05, 0.1) is 4.90 Å². The first kappa shape index (κ1) is 6.80. The lowest BCUT2D eigenvalue weighted by molar-refractivity contribution is 0.0693. The summed E-state index contributed by atoms with van der Waals surface area (Å²) in [7, 11) is -4.31. The van der Waals surface area contributed by atoms with Crippen LogP contribution in [0, 0.1) is 0 Å². The van der Waals surface area contributed by atoms with Gasteiger partial charge in [-0.05, 0) is 18.2 Å². The number of carboxylic acid groups (broad SMARTS) is 1. The molecule has 0 saturated heterocycles. The Morgan fingerprint density at radius 3 is 2.79 bits per heavy atom. The molecule has 0 aliphatic heterocycles. The van der Waals surface area contributed by atoms with Crippen LogP contribution in [0.5, 0.6) is 5.75 Å². The van der Waals surface area contributed by atoms with Gasteiger partial charge in [0.2, 0.25) is 1.43 Å². The standard InChI is InChI=1S/C7H6O6S/c8-6-2-1-4(14(11,12)13)3-5(6)7(9)10/h1-3,8H,(H,9,10)(H,11,12,13)/i/hD3. The molecule has 0 unspecified atom stereocenters. The first-order valence-electron chi connectivity index (χ1n) is 4.53. The summed E-state index contributed by atoms with van der Waals surface area (Å²) in [5.41, 5.74) is -0.437. The van der Waals surface area contributed by atoms with Gasteiger partial charge in [-0.1, -0.05) is 0 Å². The van der Waals surface area contributed by atoms with Crippen LogP contribution in [0.2, 0.25) is 0 Å². The fourth-order valence-electron chi connectivity index (χ4n) is 0.824. The van der Waals surface area contributed by atoms with Gasteiger partial charge >= 0.3 is 5.97 Å². The highest BCUT2D eigenvalue weighted by Gasteiger charge is 2.15. The van der Waals surface area contributed by atoms with Gasteiger partial charge in [0, 0.05) is 0 Å². The zero-order valence-corrected chi connectivity index (χ0v) is 7.41. The molecule has 0 amide bonds. The van der Waals surface area contributed by atoms with Crippen molar-refractivity contribution in [3.05, 3.63) is 23.8 Å². The molecule has 0 aromatic heterocycles. The second-order valence-electron chi connectivity index (χ2n) is 2.40. The maximum atomic E-state index is 11.2. The molecular formula is C7H6O6S. The lowest BCUT2D eigenvalue weighted by atomic mass is 10.2. The quantitative estimate of drug-likeness (QED) is 0.632. The van der Waals surface area contributed by atoms with Gasteiger partial charge < -0.3 is 10.2 Å². The number of benzene rings is 1. The fourth-order valence-corrected chi connectivity index (χ4v) is 1.32. The summed E-state index contributed by atoms with van der Waals surface area (Å²) in [6.45, 7) is 0. The molecule has 7 heteroatoms. The van der Waals surface area contributed by atoms with E-state index in [-0.39, 0.29) is 5.75 Å². The Bertz CT molecular complexity index is 528. The Morgan fingerprint density at radius 2 is 2.21 bits per heavy atom. The first-order valence-corrected chi connectivity index (χ1v) is 4.71. The normalized spacial score (nSPS) is 13.6. The SMILES string of the molecule is [2H]OC(=O)c1cc(S(=O)(=O)O[2H])ccc1O[2H]. The van der Waals surface area contributed by atoms with Gasteiger partial charge in [-0.2, -0.15) is 8.42 Å². The molecule has 1 aromatic carbocycles. The summed E-state index contributed by atoms with van der Waals surface area (Å²) >= 11 is 0. The second-order valence-corrected chi connectivity index (χ2v) is 3.78. The lowest BCUT2D eigenvalue weighted by Gasteiger charge is -2.01. The molecule has 0 atom stereocenters. The molecule has 3 N–H and O–H groups in total. The van der Waals surface area contributed by atoms with Gasteiger partial charge in [-0.3, -0.25) is 4.56 Å². The van der Waals surface area contributed by atoms with E-state index in [9.17, 15) is 13.2 Å². The summed E-state index contributed by atoms with van der Waals surface area (Å²) in [4.78, 5) is 10.6. The predicted octanol–water partition coefficient (Wildman–Crippen LogP) is 0.337. The van der Waals surface area contributed by atoms with E-state index in [0.29, 0.717) is 0 Å². The minimum absolute atomic E-state index is 0.286. The lowest BCUT2D eigenvalue weighted by Crippen LogP contribution is -2.02. The topological polar surface area (TPSA) is 112 Å². The van der Waals surface area contributed by atoms with Crippen LogP contribution in [0.4, 0.5) is 0 Å². The molecule has 6 nitrogen and oxygen atoms in total. The zero-order chi connectivity index (χ0) is 13.1. The van der Waals surface area contributed by atoms with E-state index in [4.69, 9.17) is 4.29 Å².